The highest BCUT2D eigenvalue weighted by Crippen LogP contribution is 2.32. The highest BCUT2D eigenvalue weighted by Gasteiger charge is 2.28. The summed E-state index contributed by atoms with van der Waals surface area (Å²) < 4.78 is 0. The fourth-order valence-corrected chi connectivity index (χ4v) is 2.29. The second-order valence-electron chi connectivity index (χ2n) is 4.74. The molecule has 0 heterocycles. The predicted octanol–water partition coefficient (Wildman–Crippen LogP) is 3.32. The van der Waals surface area contributed by atoms with E-state index in [1.165, 1.54) is 4.90 Å². The maximum absolute atomic E-state index is 12.2. The lowest BCUT2D eigenvalue weighted by atomic mass is 10.3. The molecule has 0 bridgehead atoms. The van der Waals surface area contributed by atoms with E-state index in [0.29, 0.717) is 28.2 Å². The van der Waals surface area contributed by atoms with Gasteiger partial charge >= 0.3 is 12.0 Å². The van der Waals surface area contributed by atoms with Crippen LogP contribution < -0.4 is 5.32 Å². The summed E-state index contributed by atoms with van der Waals surface area (Å²) in [5.74, 6) is -0.659. The van der Waals surface area contributed by atoms with Gasteiger partial charge in [-0.1, -0.05) is 29.3 Å². The zero-order valence-corrected chi connectivity index (χ0v) is 12.1. The Morgan fingerprint density at radius 1 is 1.30 bits per heavy atom. The molecule has 2 amide bonds. The van der Waals surface area contributed by atoms with Crippen molar-refractivity contribution in [3.63, 3.8) is 0 Å². The lowest BCUT2D eigenvalue weighted by molar-refractivity contribution is -0.137. The number of halogens is 2. The number of aliphatic carboxylic acids is 1. The molecule has 0 atom stereocenters. The van der Waals surface area contributed by atoms with Crippen LogP contribution in [0.5, 0.6) is 0 Å². The first-order valence-electron chi connectivity index (χ1n) is 6.19. The summed E-state index contributed by atoms with van der Waals surface area (Å²) in [6.45, 7) is 0.0879. The Morgan fingerprint density at radius 2 is 1.90 bits per heavy atom. The molecule has 0 aliphatic heterocycles. The van der Waals surface area contributed by atoms with E-state index in [4.69, 9.17) is 28.3 Å². The first-order valence-corrected chi connectivity index (χ1v) is 6.94. The normalized spacial score (nSPS) is 13.9. The molecular weight excluding hydrogens is 303 g/mol. The van der Waals surface area contributed by atoms with Gasteiger partial charge in [0.1, 0.15) is 6.54 Å². The van der Waals surface area contributed by atoms with Crippen molar-refractivity contribution in [2.45, 2.75) is 12.8 Å². The summed E-state index contributed by atoms with van der Waals surface area (Å²) >= 11 is 11.9. The number of anilines is 1. The van der Waals surface area contributed by atoms with Crippen LogP contribution in [0, 0.1) is 5.92 Å². The van der Waals surface area contributed by atoms with Gasteiger partial charge in [0.25, 0.3) is 0 Å². The lowest BCUT2D eigenvalue weighted by Gasteiger charge is -2.21. The van der Waals surface area contributed by atoms with E-state index in [2.05, 4.69) is 5.32 Å². The molecule has 2 rings (SSSR count). The topological polar surface area (TPSA) is 69.6 Å². The molecule has 1 saturated carbocycles. The SMILES string of the molecule is O=C(O)CN(CC1CC1)C(=O)Nc1c(Cl)cccc1Cl. The van der Waals surface area contributed by atoms with Crippen LogP contribution in [0.4, 0.5) is 10.5 Å². The zero-order chi connectivity index (χ0) is 14.7. The molecule has 0 unspecified atom stereocenters. The van der Waals surface area contributed by atoms with Crippen LogP contribution in [-0.4, -0.2) is 35.1 Å². The van der Waals surface area contributed by atoms with Gasteiger partial charge in [0, 0.05) is 6.54 Å². The smallest absolute Gasteiger partial charge is 0.323 e. The van der Waals surface area contributed by atoms with Crippen LogP contribution >= 0.6 is 23.2 Å². The second-order valence-corrected chi connectivity index (χ2v) is 5.56. The van der Waals surface area contributed by atoms with Crippen molar-refractivity contribution in [2.24, 2.45) is 5.92 Å². The molecular formula is C13H14Cl2N2O3. The van der Waals surface area contributed by atoms with Crippen molar-refractivity contribution in [1.82, 2.24) is 4.90 Å². The number of benzene rings is 1. The summed E-state index contributed by atoms with van der Waals surface area (Å²) in [6.07, 6.45) is 2.05. The molecule has 7 heteroatoms. The van der Waals surface area contributed by atoms with Gasteiger partial charge in [-0.15, -0.1) is 0 Å². The molecule has 1 fully saturated rings. The second kappa shape index (κ2) is 6.33. The molecule has 0 spiro atoms. The number of carbonyl (C=O) groups is 2. The number of nitrogens with zero attached hydrogens (tertiary/aromatic N) is 1. The van der Waals surface area contributed by atoms with Crippen molar-refractivity contribution < 1.29 is 14.7 Å². The van der Waals surface area contributed by atoms with Gasteiger partial charge in [-0.05, 0) is 30.9 Å². The van der Waals surface area contributed by atoms with Gasteiger partial charge in [0.15, 0.2) is 0 Å². The Balaban J connectivity index is 2.08. The van der Waals surface area contributed by atoms with E-state index in [1.54, 1.807) is 18.2 Å². The maximum atomic E-state index is 12.2. The minimum absolute atomic E-state index is 0.298. The van der Waals surface area contributed by atoms with E-state index >= 15 is 0 Å². The van der Waals surface area contributed by atoms with Crippen LogP contribution in [0.15, 0.2) is 18.2 Å². The maximum Gasteiger partial charge on any atom is 0.323 e. The van der Waals surface area contributed by atoms with Gasteiger partial charge in [0.2, 0.25) is 0 Å². The van der Waals surface area contributed by atoms with E-state index in [9.17, 15) is 9.59 Å². The molecule has 2 N–H and O–H groups in total. The van der Waals surface area contributed by atoms with Crippen molar-refractivity contribution in [2.75, 3.05) is 18.4 Å². The fourth-order valence-electron chi connectivity index (χ4n) is 1.80. The first kappa shape index (κ1) is 14.9. The summed E-state index contributed by atoms with van der Waals surface area (Å²) in [4.78, 5) is 24.2. The average molecular weight is 317 g/mol. The van der Waals surface area contributed by atoms with Crippen LogP contribution in [0.25, 0.3) is 0 Å². The molecule has 108 valence electrons. The summed E-state index contributed by atoms with van der Waals surface area (Å²) in [7, 11) is 0. The third kappa shape index (κ3) is 4.02. The Morgan fingerprint density at radius 3 is 2.40 bits per heavy atom. The molecule has 5 nitrogen and oxygen atoms in total. The van der Waals surface area contributed by atoms with Crippen molar-refractivity contribution >= 4 is 40.9 Å². The average Bonchev–Trinajstić information content (AvgIpc) is 3.16. The number of carboxylic acid groups (broad SMARTS) is 1. The molecule has 0 radical (unpaired) electrons. The van der Waals surface area contributed by atoms with Crippen LogP contribution in [0.1, 0.15) is 12.8 Å². The van der Waals surface area contributed by atoms with E-state index in [0.717, 1.165) is 12.8 Å². The minimum Gasteiger partial charge on any atom is -0.480 e. The number of urea groups is 1. The highest BCUT2D eigenvalue weighted by atomic mass is 35.5. The number of rotatable bonds is 5. The quantitative estimate of drug-likeness (QED) is 0.875. The third-order valence-corrected chi connectivity index (χ3v) is 3.61. The molecule has 0 aromatic heterocycles. The standard InChI is InChI=1S/C13H14Cl2N2O3/c14-9-2-1-3-10(15)12(9)16-13(20)17(7-11(18)19)6-8-4-5-8/h1-3,8H,4-7H2,(H,16,20)(H,18,19). The fraction of sp³-hybridized carbons (Fsp3) is 0.385. The van der Waals surface area contributed by atoms with Crippen molar-refractivity contribution in [1.29, 1.82) is 0 Å². The summed E-state index contributed by atoms with van der Waals surface area (Å²) in [6, 6.07) is 4.37. The summed E-state index contributed by atoms with van der Waals surface area (Å²) in [5.41, 5.74) is 0.298. The van der Waals surface area contributed by atoms with E-state index in [1.807, 2.05) is 0 Å². The Bertz CT molecular complexity index is 512. The number of carboxylic acids is 1. The highest BCUT2D eigenvalue weighted by molar-refractivity contribution is 6.39. The van der Waals surface area contributed by atoms with E-state index in [-0.39, 0.29) is 6.54 Å². The largest absolute Gasteiger partial charge is 0.480 e. The zero-order valence-electron chi connectivity index (χ0n) is 10.6. The van der Waals surface area contributed by atoms with Gasteiger partial charge in [-0.3, -0.25) is 4.79 Å². The van der Waals surface area contributed by atoms with Gasteiger partial charge in [0.05, 0.1) is 15.7 Å². The number of carbonyl (C=O) groups excluding carboxylic acids is 1. The minimum atomic E-state index is -1.05. The molecule has 20 heavy (non-hydrogen) atoms. The number of hydrogen-bond donors (Lipinski definition) is 2. The Hall–Kier alpha value is -1.46. The van der Waals surface area contributed by atoms with Gasteiger partial charge in [-0.25, -0.2) is 4.79 Å². The number of hydrogen-bond acceptors (Lipinski definition) is 2. The number of para-hydroxylation sites is 1. The van der Waals surface area contributed by atoms with E-state index < -0.39 is 12.0 Å². The van der Waals surface area contributed by atoms with Crippen LogP contribution in [0.2, 0.25) is 10.0 Å². The third-order valence-electron chi connectivity index (χ3n) is 2.98. The summed E-state index contributed by atoms with van der Waals surface area (Å²) in [5, 5.41) is 12.1. The van der Waals surface area contributed by atoms with Crippen LogP contribution in [0.3, 0.4) is 0 Å². The van der Waals surface area contributed by atoms with Crippen molar-refractivity contribution in [3.8, 4) is 0 Å². The lowest BCUT2D eigenvalue weighted by Crippen LogP contribution is -2.40. The Labute approximate surface area is 126 Å². The monoisotopic (exact) mass is 316 g/mol. The number of nitrogens with one attached hydrogen (secondary N) is 1. The predicted molar refractivity (Wildman–Crippen MR) is 77.4 cm³/mol. The van der Waals surface area contributed by atoms with Crippen molar-refractivity contribution in [3.05, 3.63) is 28.2 Å². The van der Waals surface area contributed by atoms with Gasteiger partial charge in [-0.2, -0.15) is 0 Å². The molecule has 1 aromatic rings. The van der Waals surface area contributed by atoms with Crippen LogP contribution in [-0.2, 0) is 4.79 Å². The Kier molecular flexibility index (Phi) is 4.73. The first-order chi connectivity index (χ1) is 9.47. The molecule has 1 aliphatic rings. The molecule has 0 saturated heterocycles. The molecule has 1 aromatic carbocycles. The number of amides is 2. The molecule has 1 aliphatic carbocycles. The van der Waals surface area contributed by atoms with Gasteiger partial charge < -0.3 is 15.3 Å².